The van der Waals surface area contributed by atoms with Gasteiger partial charge in [0.15, 0.2) is 0 Å². The fourth-order valence-electron chi connectivity index (χ4n) is 2.83. The number of aliphatic imine (C=N–C) groups is 2. The van der Waals surface area contributed by atoms with Gasteiger partial charge in [-0.2, -0.15) is 0 Å². The van der Waals surface area contributed by atoms with Gasteiger partial charge in [0.25, 0.3) is 0 Å². The Morgan fingerprint density at radius 2 is 1.03 bits per heavy atom. The summed E-state index contributed by atoms with van der Waals surface area (Å²) in [6.07, 6.45) is 4.26. The minimum atomic E-state index is -1.08. The topological polar surface area (TPSA) is 145 Å². The standard InChI is InChI=1S/C25H34N2O2.2C2H4O2.Co/c1-24(2,3)20-8-10-22(28)18(14-20)16-26-12-7-13-27-17-19-15-21(25(4,5)6)9-11-23(19)29;2*1-2(3)4;/h8-11,14-17,28-29H,7,12-13H2,1-6H3;2*1H3,(H,3,4);/q;;;+2/p-2. The van der Waals surface area contributed by atoms with E-state index in [0.29, 0.717) is 13.1 Å². The van der Waals surface area contributed by atoms with Crippen molar-refractivity contribution in [3.63, 3.8) is 0 Å². The Morgan fingerprint density at radius 3 is 1.29 bits per heavy atom. The molecule has 2 aromatic rings. The summed E-state index contributed by atoms with van der Waals surface area (Å²) in [4.78, 5) is 26.6. The Morgan fingerprint density at radius 1 is 0.737 bits per heavy atom. The smallest absolute Gasteiger partial charge is 0.550 e. The fourth-order valence-corrected chi connectivity index (χ4v) is 2.83. The molecular weight excluding hydrogens is 531 g/mol. The van der Waals surface area contributed by atoms with E-state index in [1.807, 2.05) is 24.3 Å². The molecule has 8 nitrogen and oxygen atoms in total. The Bertz CT molecular complexity index is 990. The summed E-state index contributed by atoms with van der Waals surface area (Å²) in [6, 6.07) is 11.3. The van der Waals surface area contributed by atoms with Gasteiger partial charge in [-0.15, -0.1) is 0 Å². The van der Waals surface area contributed by atoms with Crippen LogP contribution < -0.4 is 10.2 Å². The molecular formula is C29H40CoN2O6. The number of hydrogen-bond acceptors (Lipinski definition) is 8. The van der Waals surface area contributed by atoms with Crippen LogP contribution in [0, 0.1) is 0 Å². The van der Waals surface area contributed by atoms with Crippen LogP contribution in [0.5, 0.6) is 11.5 Å². The van der Waals surface area contributed by atoms with Gasteiger partial charge in [-0.1, -0.05) is 53.7 Å². The Kier molecular flexibility index (Phi) is 16.9. The van der Waals surface area contributed by atoms with Crippen molar-refractivity contribution < 1.29 is 46.8 Å². The average Bonchev–Trinajstić information content (AvgIpc) is 2.73. The number of carbonyl (C=O) groups excluding carboxylic acids is 2. The molecule has 2 N–H and O–H groups in total. The van der Waals surface area contributed by atoms with Crippen LogP contribution >= 0.6 is 0 Å². The summed E-state index contributed by atoms with van der Waals surface area (Å²) < 4.78 is 0. The summed E-state index contributed by atoms with van der Waals surface area (Å²) in [6.45, 7) is 16.1. The maximum Gasteiger partial charge on any atom is 2.00 e. The number of carbonyl (C=O) groups is 2. The molecule has 0 amide bonds. The van der Waals surface area contributed by atoms with Gasteiger partial charge in [0.1, 0.15) is 11.5 Å². The quantitative estimate of drug-likeness (QED) is 0.403. The SMILES string of the molecule is CC(=O)[O-].CC(=O)[O-].CC(C)(C)c1ccc(O)c(C=NCCCN=Cc2cc(C(C)(C)C)ccc2O)c1.[Co+2]. The van der Waals surface area contributed by atoms with Crippen molar-refractivity contribution in [2.45, 2.75) is 72.6 Å². The third-order valence-corrected chi connectivity index (χ3v) is 4.82. The number of hydrogen-bond donors (Lipinski definition) is 2. The Hall–Kier alpha value is -3.17. The fraction of sp³-hybridized carbons (Fsp3) is 0.448. The van der Waals surface area contributed by atoms with E-state index in [9.17, 15) is 10.2 Å². The molecule has 0 spiro atoms. The van der Waals surface area contributed by atoms with Crippen molar-refractivity contribution >= 4 is 24.4 Å². The minimum absolute atomic E-state index is 0. The third-order valence-electron chi connectivity index (χ3n) is 4.82. The number of rotatable bonds is 6. The first-order chi connectivity index (χ1) is 16.9. The summed E-state index contributed by atoms with van der Waals surface area (Å²) in [5, 5.41) is 37.8. The Balaban J connectivity index is 0. The number of phenols is 2. The van der Waals surface area contributed by atoms with E-state index in [1.54, 1.807) is 24.6 Å². The van der Waals surface area contributed by atoms with Gasteiger partial charge in [-0.05, 0) is 66.5 Å². The van der Waals surface area contributed by atoms with E-state index in [4.69, 9.17) is 19.8 Å². The molecule has 0 saturated carbocycles. The van der Waals surface area contributed by atoms with Gasteiger partial charge < -0.3 is 30.0 Å². The predicted molar refractivity (Wildman–Crippen MR) is 145 cm³/mol. The molecule has 0 atom stereocenters. The van der Waals surface area contributed by atoms with Crippen molar-refractivity contribution in [3.8, 4) is 11.5 Å². The number of carboxylic acid groups (broad SMARTS) is 2. The zero-order valence-corrected chi connectivity index (χ0v) is 24.5. The molecule has 0 aliphatic heterocycles. The van der Waals surface area contributed by atoms with Crippen LogP contribution in [-0.4, -0.2) is 47.7 Å². The number of aromatic hydroxyl groups is 2. The van der Waals surface area contributed by atoms with E-state index >= 15 is 0 Å². The second-order valence-electron chi connectivity index (χ2n) is 10.5. The van der Waals surface area contributed by atoms with Crippen molar-refractivity contribution in [2.75, 3.05) is 13.1 Å². The maximum absolute atomic E-state index is 10.0. The minimum Gasteiger partial charge on any atom is -0.550 e. The van der Waals surface area contributed by atoms with Crippen LogP contribution in [0.2, 0.25) is 0 Å². The number of phenolic OH excluding ortho intramolecular Hbond substituents is 2. The van der Waals surface area contributed by atoms with Crippen molar-refractivity contribution in [2.24, 2.45) is 9.98 Å². The van der Waals surface area contributed by atoms with E-state index in [1.165, 1.54) is 11.1 Å². The molecule has 0 bridgehead atoms. The molecule has 2 rings (SSSR count). The summed E-state index contributed by atoms with van der Waals surface area (Å²) in [7, 11) is 0. The summed E-state index contributed by atoms with van der Waals surface area (Å²) >= 11 is 0. The molecule has 0 heterocycles. The monoisotopic (exact) mass is 571 g/mol. The summed E-state index contributed by atoms with van der Waals surface area (Å²) in [5.74, 6) is -1.68. The molecule has 0 fully saturated rings. The molecule has 0 aliphatic carbocycles. The first-order valence-corrected chi connectivity index (χ1v) is 12.0. The molecule has 2 aromatic carbocycles. The van der Waals surface area contributed by atoms with Gasteiger partial charge in [-0.3, -0.25) is 9.98 Å². The predicted octanol–water partition coefficient (Wildman–Crippen LogP) is 3.13. The number of benzene rings is 2. The molecule has 1 radical (unpaired) electrons. The van der Waals surface area contributed by atoms with Crippen LogP contribution in [0.15, 0.2) is 46.4 Å². The van der Waals surface area contributed by atoms with Gasteiger partial charge in [-0.25, -0.2) is 0 Å². The Labute approximate surface area is 236 Å². The van der Waals surface area contributed by atoms with E-state index < -0.39 is 11.9 Å². The molecule has 38 heavy (non-hydrogen) atoms. The third kappa shape index (κ3) is 16.5. The molecule has 0 unspecified atom stereocenters. The molecule has 9 heteroatoms. The van der Waals surface area contributed by atoms with Crippen LogP contribution in [-0.2, 0) is 37.2 Å². The summed E-state index contributed by atoms with van der Waals surface area (Å²) in [5.41, 5.74) is 3.87. The van der Waals surface area contributed by atoms with Crippen LogP contribution in [0.1, 0.15) is 84.1 Å². The average molecular weight is 572 g/mol. The van der Waals surface area contributed by atoms with Crippen molar-refractivity contribution in [3.05, 3.63) is 58.7 Å². The number of nitrogens with zero attached hydrogens (tertiary/aromatic N) is 2. The molecule has 0 aromatic heterocycles. The van der Waals surface area contributed by atoms with E-state index in [-0.39, 0.29) is 39.1 Å². The maximum atomic E-state index is 10.0. The second-order valence-corrected chi connectivity index (χ2v) is 10.5. The first kappa shape index (κ1) is 37.0. The van der Waals surface area contributed by atoms with Crippen molar-refractivity contribution in [1.29, 1.82) is 0 Å². The van der Waals surface area contributed by atoms with E-state index in [0.717, 1.165) is 31.4 Å². The van der Waals surface area contributed by atoms with Gasteiger partial charge in [0, 0.05) is 48.6 Å². The van der Waals surface area contributed by atoms with Gasteiger partial charge in [0.2, 0.25) is 0 Å². The number of carboxylic acids is 2. The van der Waals surface area contributed by atoms with Gasteiger partial charge in [0.05, 0.1) is 0 Å². The zero-order chi connectivity index (χ0) is 28.8. The number of aliphatic carboxylic acids is 2. The van der Waals surface area contributed by atoms with Crippen LogP contribution in [0.4, 0.5) is 0 Å². The first-order valence-electron chi connectivity index (χ1n) is 12.0. The van der Waals surface area contributed by atoms with E-state index in [2.05, 4.69) is 51.5 Å². The van der Waals surface area contributed by atoms with Crippen molar-refractivity contribution in [1.82, 2.24) is 0 Å². The normalized spacial score (nSPS) is 11.2. The van der Waals surface area contributed by atoms with Gasteiger partial charge >= 0.3 is 16.8 Å². The second kappa shape index (κ2) is 17.4. The molecule has 0 aliphatic rings. The molecule has 0 saturated heterocycles. The molecule has 211 valence electrons. The zero-order valence-electron chi connectivity index (χ0n) is 23.5. The largest absolute Gasteiger partial charge is 2.00 e. The van der Waals surface area contributed by atoms with Crippen LogP contribution in [0.3, 0.4) is 0 Å². The van der Waals surface area contributed by atoms with Crippen LogP contribution in [0.25, 0.3) is 0 Å².